The molecule has 0 spiro atoms. The minimum Gasteiger partial charge on any atom is -0.393 e. The predicted molar refractivity (Wildman–Crippen MR) is 89.3 cm³/mol. The van der Waals surface area contributed by atoms with Crippen LogP contribution in [0.1, 0.15) is 38.2 Å². The van der Waals surface area contributed by atoms with Gasteiger partial charge in [0, 0.05) is 30.6 Å². The van der Waals surface area contributed by atoms with Crippen LogP contribution in [-0.4, -0.2) is 42.3 Å². The molecule has 1 saturated carbocycles. The molecule has 1 aliphatic rings. The average molecular weight is 325 g/mol. The number of halogens is 1. The summed E-state index contributed by atoms with van der Waals surface area (Å²) in [6.07, 6.45) is 3.57. The highest BCUT2D eigenvalue weighted by atomic mass is 35.5. The number of urea groups is 1. The second kappa shape index (κ2) is 7.34. The molecule has 0 aliphatic heterocycles. The first kappa shape index (κ1) is 17.1. The topological polar surface area (TPSA) is 52.6 Å². The molecule has 0 bridgehead atoms. The Bertz CT molecular complexity index is 498. The van der Waals surface area contributed by atoms with Crippen LogP contribution in [0.25, 0.3) is 0 Å². The Morgan fingerprint density at radius 3 is 2.55 bits per heavy atom. The van der Waals surface area contributed by atoms with Crippen molar-refractivity contribution < 1.29 is 9.90 Å². The first-order valence-corrected chi connectivity index (χ1v) is 8.24. The molecular formula is C17H25ClN2O2. The number of aliphatic hydroxyl groups excluding tert-OH is 1. The van der Waals surface area contributed by atoms with Crippen molar-refractivity contribution in [3.63, 3.8) is 0 Å². The number of carbonyl (C=O) groups is 1. The van der Waals surface area contributed by atoms with Crippen LogP contribution in [0, 0.1) is 0 Å². The Labute approximate surface area is 137 Å². The van der Waals surface area contributed by atoms with Gasteiger partial charge in [0.2, 0.25) is 0 Å². The molecule has 1 unspecified atom stereocenters. The summed E-state index contributed by atoms with van der Waals surface area (Å²) < 4.78 is 0. The maximum Gasteiger partial charge on any atom is 0.317 e. The third kappa shape index (κ3) is 4.14. The highest BCUT2D eigenvalue weighted by molar-refractivity contribution is 6.30. The maximum atomic E-state index is 12.1. The molecule has 0 saturated heterocycles. The predicted octanol–water partition coefficient (Wildman–Crippen LogP) is 3.17. The van der Waals surface area contributed by atoms with E-state index in [1.54, 1.807) is 18.9 Å². The molecule has 2 amide bonds. The van der Waals surface area contributed by atoms with E-state index in [1.165, 1.54) is 12.0 Å². The molecule has 1 aromatic carbocycles. The molecule has 1 aliphatic carbocycles. The summed E-state index contributed by atoms with van der Waals surface area (Å²) >= 11 is 5.96. The number of nitrogens with zero attached hydrogens (tertiary/aromatic N) is 1. The normalized spacial score (nSPS) is 17.5. The van der Waals surface area contributed by atoms with Crippen LogP contribution in [0.4, 0.5) is 4.79 Å². The molecule has 22 heavy (non-hydrogen) atoms. The van der Waals surface area contributed by atoms with E-state index in [-0.39, 0.29) is 17.6 Å². The van der Waals surface area contributed by atoms with Crippen molar-refractivity contribution in [2.24, 2.45) is 0 Å². The first-order valence-electron chi connectivity index (χ1n) is 7.86. The van der Waals surface area contributed by atoms with Crippen molar-refractivity contribution in [1.82, 2.24) is 10.2 Å². The van der Waals surface area contributed by atoms with Gasteiger partial charge in [0.25, 0.3) is 0 Å². The van der Waals surface area contributed by atoms with Gasteiger partial charge >= 0.3 is 6.03 Å². The van der Waals surface area contributed by atoms with E-state index in [1.807, 2.05) is 12.1 Å². The fourth-order valence-corrected chi connectivity index (χ4v) is 2.96. The zero-order valence-corrected chi connectivity index (χ0v) is 14.1. The summed E-state index contributed by atoms with van der Waals surface area (Å²) in [5, 5.41) is 13.1. The van der Waals surface area contributed by atoms with Gasteiger partial charge in [-0.3, -0.25) is 0 Å². The Morgan fingerprint density at radius 1 is 1.41 bits per heavy atom. The summed E-state index contributed by atoms with van der Waals surface area (Å²) in [7, 11) is 1.76. The molecule has 0 radical (unpaired) electrons. The number of hydrogen-bond acceptors (Lipinski definition) is 2. The zero-order valence-electron chi connectivity index (χ0n) is 13.3. The minimum atomic E-state index is -0.387. The lowest BCUT2D eigenvalue weighted by Gasteiger charge is -2.43. The smallest absolute Gasteiger partial charge is 0.317 e. The van der Waals surface area contributed by atoms with Gasteiger partial charge in [-0.1, -0.05) is 30.2 Å². The third-order valence-electron chi connectivity index (χ3n) is 4.57. The van der Waals surface area contributed by atoms with Gasteiger partial charge in [-0.25, -0.2) is 4.79 Å². The molecule has 2 rings (SSSR count). The fraction of sp³-hybridized carbons (Fsp3) is 0.588. The molecule has 4 nitrogen and oxygen atoms in total. The largest absolute Gasteiger partial charge is 0.393 e. The van der Waals surface area contributed by atoms with Crippen molar-refractivity contribution in [2.75, 3.05) is 20.1 Å². The van der Waals surface area contributed by atoms with Crippen LogP contribution >= 0.6 is 11.6 Å². The van der Waals surface area contributed by atoms with Crippen molar-refractivity contribution in [3.05, 3.63) is 34.9 Å². The molecule has 5 heteroatoms. The van der Waals surface area contributed by atoms with Crippen LogP contribution in [0.2, 0.25) is 5.02 Å². The highest BCUT2D eigenvalue weighted by Gasteiger charge is 2.38. The number of carbonyl (C=O) groups excluding carboxylic acids is 1. The van der Waals surface area contributed by atoms with Gasteiger partial charge in [-0.15, -0.1) is 0 Å². The van der Waals surface area contributed by atoms with E-state index in [0.717, 1.165) is 17.9 Å². The van der Waals surface area contributed by atoms with Crippen LogP contribution in [0.3, 0.4) is 0 Å². The summed E-state index contributed by atoms with van der Waals surface area (Å²) in [5.74, 6) is 0. The summed E-state index contributed by atoms with van der Waals surface area (Å²) in [5.41, 5.74) is 1.29. The summed E-state index contributed by atoms with van der Waals surface area (Å²) in [6.45, 7) is 2.93. The Morgan fingerprint density at radius 2 is 2.05 bits per heavy atom. The number of rotatable bonds is 6. The highest BCUT2D eigenvalue weighted by Crippen LogP contribution is 2.43. The van der Waals surface area contributed by atoms with Gasteiger partial charge in [0.15, 0.2) is 0 Å². The lowest BCUT2D eigenvalue weighted by atomic mass is 9.64. The van der Waals surface area contributed by atoms with E-state index in [9.17, 15) is 9.90 Å². The first-order chi connectivity index (χ1) is 10.4. The average Bonchev–Trinajstić information content (AvgIpc) is 2.45. The SMILES string of the molecule is CC(O)CCN(C)C(=O)NCC1(c2ccc(Cl)cc2)CCC1. The monoisotopic (exact) mass is 324 g/mol. The van der Waals surface area contributed by atoms with Gasteiger partial charge < -0.3 is 15.3 Å². The van der Waals surface area contributed by atoms with Crippen molar-refractivity contribution in [1.29, 1.82) is 0 Å². The van der Waals surface area contributed by atoms with E-state index in [4.69, 9.17) is 11.6 Å². The molecule has 0 heterocycles. The van der Waals surface area contributed by atoms with Gasteiger partial charge in [-0.2, -0.15) is 0 Å². The molecule has 1 aromatic rings. The molecule has 1 atom stereocenters. The van der Waals surface area contributed by atoms with E-state index in [2.05, 4.69) is 17.4 Å². The Balaban J connectivity index is 1.91. The molecule has 0 aromatic heterocycles. The number of nitrogens with one attached hydrogen (secondary N) is 1. The van der Waals surface area contributed by atoms with Crippen LogP contribution in [0.15, 0.2) is 24.3 Å². The Kier molecular flexibility index (Phi) is 5.70. The van der Waals surface area contributed by atoms with Gasteiger partial charge in [0.1, 0.15) is 0 Å². The van der Waals surface area contributed by atoms with E-state index >= 15 is 0 Å². The van der Waals surface area contributed by atoms with Crippen LogP contribution in [0.5, 0.6) is 0 Å². The van der Waals surface area contributed by atoms with Gasteiger partial charge in [0.05, 0.1) is 6.10 Å². The zero-order chi connectivity index (χ0) is 16.2. The second-order valence-electron chi connectivity index (χ2n) is 6.36. The molecule has 1 fully saturated rings. The molecule has 122 valence electrons. The van der Waals surface area contributed by atoms with Crippen molar-refractivity contribution in [3.8, 4) is 0 Å². The quantitative estimate of drug-likeness (QED) is 0.844. The lowest BCUT2D eigenvalue weighted by molar-refractivity contribution is 0.160. The number of hydrogen-bond donors (Lipinski definition) is 2. The Hall–Kier alpha value is -1.26. The number of benzene rings is 1. The number of aliphatic hydroxyl groups is 1. The second-order valence-corrected chi connectivity index (χ2v) is 6.80. The lowest BCUT2D eigenvalue weighted by Crippen LogP contribution is -2.48. The van der Waals surface area contributed by atoms with Crippen molar-refractivity contribution in [2.45, 2.75) is 44.1 Å². The standard InChI is InChI=1S/C17H25ClN2O2/c1-13(21)8-11-20(2)16(22)19-12-17(9-3-10-17)14-4-6-15(18)7-5-14/h4-7,13,21H,3,8-12H2,1-2H3,(H,19,22). The summed E-state index contributed by atoms with van der Waals surface area (Å²) in [6, 6.07) is 7.86. The molecule has 2 N–H and O–H groups in total. The molecular weight excluding hydrogens is 300 g/mol. The van der Waals surface area contributed by atoms with Gasteiger partial charge in [-0.05, 0) is 43.9 Å². The maximum absolute atomic E-state index is 12.1. The van der Waals surface area contributed by atoms with Crippen LogP contribution < -0.4 is 5.32 Å². The van der Waals surface area contributed by atoms with Crippen molar-refractivity contribution >= 4 is 17.6 Å². The fourth-order valence-electron chi connectivity index (χ4n) is 2.84. The number of amides is 2. The minimum absolute atomic E-state index is 0.0470. The third-order valence-corrected chi connectivity index (χ3v) is 4.83. The van der Waals surface area contributed by atoms with Crippen LogP contribution in [-0.2, 0) is 5.41 Å². The summed E-state index contributed by atoms with van der Waals surface area (Å²) in [4.78, 5) is 13.8. The van der Waals surface area contributed by atoms with E-state index in [0.29, 0.717) is 19.5 Å². The van der Waals surface area contributed by atoms with E-state index < -0.39 is 0 Å².